The van der Waals surface area contributed by atoms with E-state index in [9.17, 15) is 4.79 Å². The van der Waals surface area contributed by atoms with Crippen LogP contribution in [-0.4, -0.2) is 62.8 Å². The maximum absolute atomic E-state index is 13.2. The van der Waals surface area contributed by atoms with E-state index in [-0.39, 0.29) is 11.7 Å². The lowest BCUT2D eigenvalue weighted by atomic mass is 9.85. The maximum Gasteiger partial charge on any atom is 0.254 e. The van der Waals surface area contributed by atoms with Gasteiger partial charge in [0.15, 0.2) is 0 Å². The van der Waals surface area contributed by atoms with Crippen molar-refractivity contribution in [3.05, 3.63) is 53.3 Å². The zero-order valence-corrected chi connectivity index (χ0v) is 22.7. The fourth-order valence-electron chi connectivity index (χ4n) is 6.15. The Morgan fingerprint density at radius 1 is 1.05 bits per heavy atom. The van der Waals surface area contributed by atoms with E-state index in [0.717, 1.165) is 61.1 Å². The maximum atomic E-state index is 13.2. The largest absolute Gasteiger partial charge is 0.370 e. The smallest absolute Gasteiger partial charge is 0.254 e. The third-order valence-electron chi connectivity index (χ3n) is 8.84. The van der Waals surface area contributed by atoms with Gasteiger partial charge in [0.1, 0.15) is 11.9 Å². The highest BCUT2D eigenvalue weighted by Gasteiger charge is 2.24. The Bertz CT molecular complexity index is 1300. The van der Waals surface area contributed by atoms with Crippen molar-refractivity contribution in [3.8, 4) is 11.3 Å². The van der Waals surface area contributed by atoms with Gasteiger partial charge in [-0.2, -0.15) is 0 Å². The topological polar surface area (TPSA) is 84.1 Å². The van der Waals surface area contributed by atoms with E-state index in [1.165, 1.54) is 38.5 Å². The summed E-state index contributed by atoms with van der Waals surface area (Å²) in [5.74, 6) is 0.863. The first kappa shape index (κ1) is 25.1. The van der Waals surface area contributed by atoms with Gasteiger partial charge in [-0.15, -0.1) is 5.10 Å². The fraction of sp³-hybridized carbons (Fsp3) is 0.586. The number of piperidine rings is 1. The van der Waals surface area contributed by atoms with E-state index < -0.39 is 0 Å². The Morgan fingerprint density at radius 2 is 1.92 bits per heavy atom. The van der Waals surface area contributed by atoms with Crippen LogP contribution >= 0.6 is 0 Å². The van der Waals surface area contributed by atoms with Crippen molar-refractivity contribution in [2.75, 3.05) is 36.0 Å². The third-order valence-corrected chi connectivity index (χ3v) is 8.84. The molecule has 0 aromatic carbocycles. The Balaban J connectivity index is 1.13. The standard InChI is InChI=1S/C29H40N8O/c1-21-6-4-12-35(21)27-14-24(17-30-18-27)28-20-37(33-32-28)22(2)36-13-10-26(15-29(36)38)34-11-5-9-25(19-34)31-16-23-7-3-8-23/h10,13-15,17-18,20-23,25,31H,3-9,11-12,16,19H2,1-2H3/t21?,22?,25-/m1/s1. The molecule has 2 saturated heterocycles. The summed E-state index contributed by atoms with van der Waals surface area (Å²) < 4.78 is 3.47. The summed E-state index contributed by atoms with van der Waals surface area (Å²) in [6, 6.07) is 7.00. The number of nitrogens with one attached hydrogen (secondary N) is 1. The molecule has 9 heteroatoms. The summed E-state index contributed by atoms with van der Waals surface area (Å²) in [5, 5.41) is 12.6. The summed E-state index contributed by atoms with van der Waals surface area (Å²) >= 11 is 0. The second-order valence-electron chi connectivity index (χ2n) is 11.5. The van der Waals surface area contributed by atoms with Gasteiger partial charge in [-0.05, 0) is 77.0 Å². The molecule has 0 radical (unpaired) electrons. The number of rotatable bonds is 8. The zero-order valence-electron chi connectivity index (χ0n) is 22.7. The highest BCUT2D eigenvalue weighted by atomic mass is 16.1. The van der Waals surface area contributed by atoms with Crippen molar-refractivity contribution in [1.82, 2.24) is 29.9 Å². The van der Waals surface area contributed by atoms with Crippen LogP contribution in [0, 0.1) is 5.92 Å². The number of anilines is 2. The molecule has 9 nitrogen and oxygen atoms in total. The first-order valence-corrected chi connectivity index (χ1v) is 14.4. The molecule has 1 N–H and O–H groups in total. The SMILES string of the molecule is CC1CCCN1c1cncc(-c2cn(C(C)n3ccc(N4CCC[C@@H](NCC5CCC5)C4)cc3=O)nn2)c1. The Labute approximate surface area is 224 Å². The van der Waals surface area contributed by atoms with Gasteiger partial charge in [0.05, 0.1) is 18.1 Å². The van der Waals surface area contributed by atoms with Crippen molar-refractivity contribution in [1.29, 1.82) is 0 Å². The number of nitrogens with zero attached hydrogens (tertiary/aromatic N) is 7. The van der Waals surface area contributed by atoms with Crippen LogP contribution in [0.5, 0.6) is 0 Å². The fourth-order valence-corrected chi connectivity index (χ4v) is 6.15. The Kier molecular flexibility index (Phi) is 7.19. The number of hydrogen-bond donors (Lipinski definition) is 1. The first-order valence-electron chi connectivity index (χ1n) is 14.4. The molecule has 3 aliphatic rings. The monoisotopic (exact) mass is 516 g/mol. The molecule has 3 fully saturated rings. The van der Waals surface area contributed by atoms with Crippen molar-refractivity contribution >= 4 is 11.4 Å². The summed E-state index contributed by atoms with van der Waals surface area (Å²) in [7, 11) is 0. The van der Waals surface area contributed by atoms with Crippen molar-refractivity contribution in [2.24, 2.45) is 5.92 Å². The average molecular weight is 517 g/mol. The predicted molar refractivity (Wildman–Crippen MR) is 151 cm³/mol. The van der Waals surface area contributed by atoms with E-state index in [1.54, 1.807) is 15.3 Å². The molecule has 6 rings (SSSR count). The van der Waals surface area contributed by atoms with Crippen molar-refractivity contribution in [2.45, 2.75) is 77.0 Å². The minimum atomic E-state index is -0.286. The number of aromatic nitrogens is 5. The molecule has 0 amide bonds. The van der Waals surface area contributed by atoms with Gasteiger partial charge in [-0.3, -0.25) is 14.3 Å². The van der Waals surface area contributed by atoms with Gasteiger partial charge >= 0.3 is 0 Å². The van der Waals surface area contributed by atoms with Crippen LogP contribution in [0.25, 0.3) is 11.3 Å². The molecule has 0 bridgehead atoms. The molecule has 5 heterocycles. The number of hydrogen-bond acceptors (Lipinski definition) is 7. The van der Waals surface area contributed by atoms with E-state index in [2.05, 4.69) is 49.5 Å². The Morgan fingerprint density at radius 3 is 2.68 bits per heavy atom. The van der Waals surface area contributed by atoms with Crippen LogP contribution in [0.15, 0.2) is 47.8 Å². The molecule has 1 aliphatic carbocycles. The normalized spacial score (nSPS) is 23.0. The van der Waals surface area contributed by atoms with Crippen LogP contribution in [-0.2, 0) is 0 Å². The Hall–Kier alpha value is -3.20. The molecular weight excluding hydrogens is 476 g/mol. The molecule has 3 aromatic rings. The average Bonchev–Trinajstić information content (AvgIpc) is 3.57. The highest BCUT2D eigenvalue weighted by Crippen LogP contribution is 2.29. The summed E-state index contributed by atoms with van der Waals surface area (Å²) in [6.07, 6.45) is 16.2. The van der Waals surface area contributed by atoms with Crippen molar-refractivity contribution < 1.29 is 0 Å². The quantitative estimate of drug-likeness (QED) is 0.486. The minimum absolute atomic E-state index is 0.0247. The summed E-state index contributed by atoms with van der Waals surface area (Å²) in [6.45, 7) is 8.38. The van der Waals surface area contributed by atoms with Gasteiger partial charge in [0, 0.05) is 61.4 Å². The molecule has 202 valence electrons. The van der Waals surface area contributed by atoms with Crippen LogP contribution in [0.1, 0.15) is 65.0 Å². The highest BCUT2D eigenvalue weighted by molar-refractivity contribution is 5.63. The van der Waals surface area contributed by atoms with E-state index in [0.29, 0.717) is 12.1 Å². The van der Waals surface area contributed by atoms with Gasteiger partial charge in [-0.25, -0.2) is 4.68 Å². The molecule has 3 aromatic heterocycles. The van der Waals surface area contributed by atoms with Crippen LogP contribution in [0.4, 0.5) is 11.4 Å². The van der Waals surface area contributed by atoms with E-state index in [4.69, 9.17) is 0 Å². The van der Waals surface area contributed by atoms with E-state index in [1.807, 2.05) is 31.7 Å². The molecule has 2 unspecified atom stereocenters. The molecule has 38 heavy (non-hydrogen) atoms. The lowest BCUT2D eigenvalue weighted by molar-refractivity contribution is 0.280. The zero-order chi connectivity index (χ0) is 26.1. The second kappa shape index (κ2) is 10.9. The summed E-state index contributed by atoms with van der Waals surface area (Å²) in [5.41, 5.74) is 3.81. The van der Waals surface area contributed by atoms with Gasteiger partial charge in [0.2, 0.25) is 0 Å². The van der Waals surface area contributed by atoms with Crippen molar-refractivity contribution in [3.63, 3.8) is 0 Å². The second-order valence-corrected chi connectivity index (χ2v) is 11.5. The molecule has 2 aliphatic heterocycles. The molecule has 0 spiro atoms. The third kappa shape index (κ3) is 5.21. The first-order chi connectivity index (χ1) is 18.5. The van der Waals surface area contributed by atoms with E-state index >= 15 is 0 Å². The van der Waals surface area contributed by atoms with Crippen LogP contribution in [0.2, 0.25) is 0 Å². The molecule has 3 atom stereocenters. The lowest BCUT2D eigenvalue weighted by Gasteiger charge is -2.36. The minimum Gasteiger partial charge on any atom is -0.370 e. The van der Waals surface area contributed by atoms with Gasteiger partial charge in [-0.1, -0.05) is 11.6 Å². The summed E-state index contributed by atoms with van der Waals surface area (Å²) in [4.78, 5) is 22.4. The molecular formula is C29H40N8O. The predicted octanol–water partition coefficient (Wildman–Crippen LogP) is 3.92. The van der Waals surface area contributed by atoms with Gasteiger partial charge < -0.3 is 15.1 Å². The van der Waals surface area contributed by atoms with Crippen LogP contribution in [0.3, 0.4) is 0 Å². The van der Waals surface area contributed by atoms with Crippen LogP contribution < -0.4 is 20.7 Å². The van der Waals surface area contributed by atoms with Gasteiger partial charge in [0.25, 0.3) is 5.56 Å². The molecule has 1 saturated carbocycles. The lowest BCUT2D eigenvalue weighted by Crippen LogP contribution is -2.47. The number of pyridine rings is 2.